The Morgan fingerprint density at radius 3 is 2.50 bits per heavy atom. The lowest BCUT2D eigenvalue weighted by Gasteiger charge is -2.23. The maximum atomic E-state index is 12.8. The SMILES string of the molecule is Cc1ccccc1OCC(=O)N(Cc1ccccn1)c1ccccc1O. The minimum atomic E-state index is -0.264. The summed E-state index contributed by atoms with van der Waals surface area (Å²) in [5.74, 6) is 0.434. The summed E-state index contributed by atoms with van der Waals surface area (Å²) in [5, 5.41) is 10.2. The number of aryl methyl sites for hydroxylation is 1. The number of ether oxygens (including phenoxy) is 1. The standard InChI is InChI=1S/C21H20N2O3/c1-16-8-2-5-12-20(16)26-15-21(25)23(14-17-9-6-7-13-22-17)18-10-3-4-11-19(18)24/h2-13,24H,14-15H2,1H3. The van der Waals surface area contributed by atoms with Gasteiger partial charge in [-0.25, -0.2) is 0 Å². The molecule has 3 aromatic rings. The first-order valence-electron chi connectivity index (χ1n) is 8.32. The predicted octanol–water partition coefficient (Wildman–Crippen LogP) is 3.71. The van der Waals surface area contributed by atoms with E-state index in [1.807, 2.05) is 49.4 Å². The van der Waals surface area contributed by atoms with E-state index in [2.05, 4.69) is 4.98 Å². The van der Waals surface area contributed by atoms with Gasteiger partial charge in [-0.2, -0.15) is 0 Å². The number of benzene rings is 2. The summed E-state index contributed by atoms with van der Waals surface area (Å²) in [6.45, 7) is 2.04. The number of pyridine rings is 1. The third-order valence-electron chi connectivity index (χ3n) is 3.96. The highest BCUT2D eigenvalue weighted by molar-refractivity contribution is 5.95. The van der Waals surface area contributed by atoms with Crippen LogP contribution in [0.25, 0.3) is 0 Å². The van der Waals surface area contributed by atoms with Crippen molar-refractivity contribution in [1.29, 1.82) is 0 Å². The van der Waals surface area contributed by atoms with E-state index in [4.69, 9.17) is 4.74 Å². The van der Waals surface area contributed by atoms with Gasteiger partial charge in [0.2, 0.25) is 0 Å². The second-order valence-corrected chi connectivity index (χ2v) is 5.84. The molecule has 0 bridgehead atoms. The fourth-order valence-corrected chi connectivity index (χ4v) is 2.59. The molecule has 5 heteroatoms. The predicted molar refractivity (Wildman–Crippen MR) is 100 cm³/mol. The molecular formula is C21H20N2O3. The molecule has 0 spiro atoms. The molecule has 0 fully saturated rings. The summed E-state index contributed by atoms with van der Waals surface area (Å²) >= 11 is 0. The molecule has 2 aromatic carbocycles. The molecule has 1 aromatic heterocycles. The van der Waals surface area contributed by atoms with Gasteiger partial charge in [0.15, 0.2) is 6.61 Å². The Hall–Kier alpha value is -3.34. The fourth-order valence-electron chi connectivity index (χ4n) is 2.59. The Kier molecular flexibility index (Phi) is 5.49. The first kappa shape index (κ1) is 17.5. The van der Waals surface area contributed by atoms with Crippen molar-refractivity contribution in [1.82, 2.24) is 4.98 Å². The quantitative estimate of drug-likeness (QED) is 0.738. The number of aromatic nitrogens is 1. The van der Waals surface area contributed by atoms with Crippen molar-refractivity contribution in [3.05, 3.63) is 84.2 Å². The van der Waals surface area contributed by atoms with Crippen LogP contribution in [0.5, 0.6) is 11.5 Å². The van der Waals surface area contributed by atoms with Gasteiger partial charge in [0.25, 0.3) is 5.91 Å². The Bertz CT molecular complexity index is 881. The van der Waals surface area contributed by atoms with Crippen LogP contribution < -0.4 is 9.64 Å². The molecule has 26 heavy (non-hydrogen) atoms. The van der Waals surface area contributed by atoms with Crippen LogP contribution in [-0.4, -0.2) is 22.6 Å². The van der Waals surface area contributed by atoms with Gasteiger partial charge in [-0.15, -0.1) is 0 Å². The molecule has 132 valence electrons. The van der Waals surface area contributed by atoms with E-state index < -0.39 is 0 Å². The van der Waals surface area contributed by atoms with Gasteiger partial charge in [-0.1, -0.05) is 36.4 Å². The first-order chi connectivity index (χ1) is 12.6. The van der Waals surface area contributed by atoms with Gasteiger partial charge in [-0.05, 0) is 42.8 Å². The highest BCUT2D eigenvalue weighted by Crippen LogP contribution is 2.28. The number of phenolic OH excluding ortho intramolecular Hbond substituents is 1. The van der Waals surface area contributed by atoms with Crippen LogP contribution in [0.4, 0.5) is 5.69 Å². The molecule has 3 rings (SSSR count). The number of hydrogen-bond acceptors (Lipinski definition) is 4. The van der Waals surface area contributed by atoms with Crippen LogP contribution in [0.3, 0.4) is 0 Å². The van der Waals surface area contributed by atoms with Crippen molar-refractivity contribution < 1.29 is 14.6 Å². The van der Waals surface area contributed by atoms with Crippen molar-refractivity contribution in [3.8, 4) is 11.5 Å². The van der Waals surface area contributed by atoms with E-state index >= 15 is 0 Å². The van der Waals surface area contributed by atoms with E-state index in [0.717, 1.165) is 11.3 Å². The second kappa shape index (κ2) is 8.16. The van der Waals surface area contributed by atoms with E-state index in [-0.39, 0.29) is 24.8 Å². The smallest absolute Gasteiger partial charge is 0.265 e. The molecule has 0 aliphatic carbocycles. The summed E-state index contributed by atoms with van der Waals surface area (Å²) in [4.78, 5) is 18.6. The third-order valence-corrected chi connectivity index (χ3v) is 3.96. The molecular weight excluding hydrogens is 328 g/mol. The lowest BCUT2D eigenvalue weighted by Crippen LogP contribution is -2.35. The third kappa shape index (κ3) is 4.19. The number of para-hydroxylation sites is 3. The zero-order valence-corrected chi connectivity index (χ0v) is 14.5. The maximum Gasteiger partial charge on any atom is 0.265 e. The Balaban J connectivity index is 1.81. The van der Waals surface area contributed by atoms with Crippen LogP contribution in [-0.2, 0) is 11.3 Å². The Morgan fingerprint density at radius 1 is 1.04 bits per heavy atom. The van der Waals surface area contributed by atoms with E-state index in [1.54, 1.807) is 30.5 Å². The number of nitrogens with zero attached hydrogens (tertiary/aromatic N) is 2. The normalized spacial score (nSPS) is 10.3. The number of carbonyl (C=O) groups excluding carboxylic acids is 1. The van der Waals surface area contributed by atoms with Gasteiger partial charge in [0.1, 0.15) is 11.5 Å². The fraction of sp³-hybridized carbons (Fsp3) is 0.143. The van der Waals surface area contributed by atoms with E-state index in [9.17, 15) is 9.90 Å². The molecule has 1 N–H and O–H groups in total. The van der Waals surface area contributed by atoms with Crippen LogP contribution in [0.2, 0.25) is 0 Å². The average molecular weight is 348 g/mol. The molecule has 1 amide bonds. The number of anilines is 1. The van der Waals surface area contributed by atoms with Crippen molar-refractivity contribution in [3.63, 3.8) is 0 Å². The zero-order chi connectivity index (χ0) is 18.4. The number of hydrogen-bond donors (Lipinski definition) is 1. The summed E-state index contributed by atoms with van der Waals surface area (Å²) < 4.78 is 5.69. The largest absolute Gasteiger partial charge is 0.506 e. The Labute approximate surface area is 152 Å². The van der Waals surface area contributed by atoms with Gasteiger partial charge in [0.05, 0.1) is 17.9 Å². The minimum Gasteiger partial charge on any atom is -0.506 e. The number of aromatic hydroxyl groups is 1. The highest BCUT2D eigenvalue weighted by Gasteiger charge is 2.20. The number of phenols is 1. The minimum absolute atomic E-state index is 0.0349. The summed E-state index contributed by atoms with van der Waals surface area (Å²) in [5.41, 5.74) is 2.11. The van der Waals surface area contributed by atoms with Crippen molar-refractivity contribution in [2.24, 2.45) is 0 Å². The lowest BCUT2D eigenvalue weighted by atomic mass is 10.2. The molecule has 0 saturated carbocycles. The molecule has 5 nitrogen and oxygen atoms in total. The Morgan fingerprint density at radius 2 is 1.77 bits per heavy atom. The van der Waals surface area contributed by atoms with Crippen molar-refractivity contribution in [2.75, 3.05) is 11.5 Å². The van der Waals surface area contributed by atoms with Crippen LogP contribution in [0.1, 0.15) is 11.3 Å². The van der Waals surface area contributed by atoms with Crippen LogP contribution in [0, 0.1) is 6.92 Å². The maximum absolute atomic E-state index is 12.8. The molecule has 0 unspecified atom stereocenters. The van der Waals surface area contributed by atoms with Gasteiger partial charge < -0.3 is 9.84 Å². The second-order valence-electron chi connectivity index (χ2n) is 5.84. The zero-order valence-electron chi connectivity index (χ0n) is 14.5. The molecule has 0 aliphatic rings. The summed E-state index contributed by atoms with van der Waals surface area (Å²) in [6.07, 6.45) is 1.67. The molecule has 0 saturated heterocycles. The van der Waals surface area contributed by atoms with Crippen LogP contribution in [0.15, 0.2) is 72.9 Å². The summed E-state index contributed by atoms with van der Waals surface area (Å²) in [6, 6.07) is 19.8. The molecule has 0 radical (unpaired) electrons. The first-order valence-corrected chi connectivity index (χ1v) is 8.32. The van der Waals surface area contributed by atoms with Gasteiger partial charge in [-0.3, -0.25) is 14.7 Å². The monoisotopic (exact) mass is 348 g/mol. The van der Waals surface area contributed by atoms with Gasteiger partial charge in [0, 0.05) is 6.20 Å². The number of carbonyl (C=O) groups is 1. The molecule has 0 aliphatic heterocycles. The molecule has 1 heterocycles. The lowest BCUT2D eigenvalue weighted by molar-refractivity contribution is -0.120. The topological polar surface area (TPSA) is 62.7 Å². The average Bonchev–Trinajstić information content (AvgIpc) is 2.67. The number of amides is 1. The highest BCUT2D eigenvalue weighted by atomic mass is 16.5. The molecule has 0 atom stereocenters. The van der Waals surface area contributed by atoms with Crippen molar-refractivity contribution >= 4 is 11.6 Å². The van der Waals surface area contributed by atoms with E-state index in [1.165, 1.54) is 4.90 Å². The summed E-state index contributed by atoms with van der Waals surface area (Å²) in [7, 11) is 0. The van der Waals surface area contributed by atoms with Gasteiger partial charge >= 0.3 is 0 Å². The van der Waals surface area contributed by atoms with Crippen LogP contribution >= 0.6 is 0 Å². The number of rotatable bonds is 6. The van der Waals surface area contributed by atoms with E-state index in [0.29, 0.717) is 11.4 Å². The van der Waals surface area contributed by atoms with Crippen molar-refractivity contribution in [2.45, 2.75) is 13.5 Å².